The number of nitriles is 1. The van der Waals surface area contributed by atoms with Gasteiger partial charge >= 0.3 is 0 Å². The van der Waals surface area contributed by atoms with E-state index in [4.69, 9.17) is 4.42 Å². The molecule has 3 heterocycles. The molecule has 1 amide bonds. The lowest BCUT2D eigenvalue weighted by Crippen LogP contribution is -2.28. The molecule has 1 fully saturated rings. The normalized spacial score (nSPS) is 14.8. The number of likely N-dealkylation sites (tertiary alicyclic amines) is 1. The van der Waals surface area contributed by atoms with Gasteiger partial charge in [-0.3, -0.25) is 9.48 Å². The van der Waals surface area contributed by atoms with Gasteiger partial charge in [0, 0.05) is 37.3 Å². The first-order chi connectivity index (χ1) is 12.7. The molecule has 1 aliphatic heterocycles. The highest BCUT2D eigenvalue weighted by atomic mass is 16.3. The smallest absolute Gasteiger partial charge is 0.264 e. The number of carbonyl (C=O) groups is 1. The Hall–Kier alpha value is -3.33. The van der Waals surface area contributed by atoms with E-state index in [0.29, 0.717) is 30.1 Å². The first-order valence-corrected chi connectivity index (χ1v) is 8.59. The summed E-state index contributed by atoms with van der Waals surface area (Å²) in [7, 11) is 1.80. The summed E-state index contributed by atoms with van der Waals surface area (Å²) in [5, 5.41) is 14.9. The minimum atomic E-state index is -0.218. The van der Waals surface area contributed by atoms with Crippen molar-refractivity contribution in [3.8, 4) is 17.5 Å². The van der Waals surface area contributed by atoms with Crippen molar-refractivity contribution in [3.63, 3.8) is 0 Å². The second-order valence-corrected chi connectivity index (χ2v) is 6.42. The second-order valence-electron chi connectivity index (χ2n) is 6.42. The lowest BCUT2D eigenvalue weighted by atomic mass is 10.1. The van der Waals surface area contributed by atoms with Crippen LogP contribution < -0.4 is 0 Å². The van der Waals surface area contributed by atoms with Crippen molar-refractivity contribution in [1.29, 1.82) is 5.26 Å². The van der Waals surface area contributed by atoms with Gasteiger partial charge in [0.15, 0.2) is 5.76 Å². The zero-order valence-corrected chi connectivity index (χ0v) is 14.5. The SMILES string of the molecule is Cn1cc(C=C(C#N)C(=O)N2CCCC2)c(-c2cc3ccccc3o2)n1. The van der Waals surface area contributed by atoms with E-state index in [9.17, 15) is 10.1 Å². The number of carbonyl (C=O) groups excluding carboxylic acids is 1. The molecule has 1 aliphatic rings. The summed E-state index contributed by atoms with van der Waals surface area (Å²) < 4.78 is 7.56. The van der Waals surface area contributed by atoms with Crippen molar-refractivity contribution in [2.24, 2.45) is 7.05 Å². The van der Waals surface area contributed by atoms with Gasteiger partial charge < -0.3 is 9.32 Å². The summed E-state index contributed by atoms with van der Waals surface area (Å²) in [6.45, 7) is 1.42. The van der Waals surface area contributed by atoms with Crippen molar-refractivity contribution in [1.82, 2.24) is 14.7 Å². The van der Waals surface area contributed by atoms with Gasteiger partial charge in [-0.1, -0.05) is 18.2 Å². The predicted molar refractivity (Wildman–Crippen MR) is 97.8 cm³/mol. The second kappa shape index (κ2) is 6.52. The predicted octanol–water partition coefficient (Wildman–Crippen LogP) is 3.36. The Bertz CT molecular complexity index is 1010. The number of nitrogens with zero attached hydrogens (tertiary/aromatic N) is 4. The highest BCUT2D eigenvalue weighted by molar-refractivity contribution is 6.02. The minimum absolute atomic E-state index is 0.122. The van der Waals surface area contributed by atoms with Gasteiger partial charge in [0.2, 0.25) is 0 Å². The number of fused-ring (bicyclic) bond motifs is 1. The van der Waals surface area contributed by atoms with Crippen LogP contribution in [0.2, 0.25) is 0 Å². The zero-order chi connectivity index (χ0) is 18.1. The van der Waals surface area contributed by atoms with Crippen LogP contribution in [0.3, 0.4) is 0 Å². The number of amides is 1. The topological polar surface area (TPSA) is 75.1 Å². The van der Waals surface area contributed by atoms with Gasteiger partial charge in [0.1, 0.15) is 22.9 Å². The Morgan fingerprint density at radius 2 is 2.08 bits per heavy atom. The number of para-hydroxylation sites is 1. The van der Waals surface area contributed by atoms with Gasteiger partial charge in [-0.15, -0.1) is 0 Å². The van der Waals surface area contributed by atoms with E-state index in [-0.39, 0.29) is 11.5 Å². The quantitative estimate of drug-likeness (QED) is 0.538. The highest BCUT2D eigenvalue weighted by Gasteiger charge is 2.22. The Morgan fingerprint density at radius 3 is 2.81 bits per heavy atom. The maximum Gasteiger partial charge on any atom is 0.264 e. The molecule has 3 aromatic rings. The van der Waals surface area contributed by atoms with Crippen LogP contribution in [-0.4, -0.2) is 33.7 Å². The number of aryl methyl sites for hydroxylation is 1. The molecule has 0 unspecified atom stereocenters. The lowest BCUT2D eigenvalue weighted by Gasteiger charge is -2.13. The number of hydrogen-bond acceptors (Lipinski definition) is 4. The molecular formula is C20H18N4O2. The highest BCUT2D eigenvalue weighted by Crippen LogP contribution is 2.30. The molecule has 0 bridgehead atoms. The maximum absolute atomic E-state index is 12.6. The number of furan rings is 1. The van der Waals surface area contributed by atoms with E-state index >= 15 is 0 Å². The Morgan fingerprint density at radius 1 is 1.31 bits per heavy atom. The Balaban J connectivity index is 1.75. The fraction of sp³-hybridized carbons (Fsp3) is 0.250. The first-order valence-electron chi connectivity index (χ1n) is 8.59. The molecule has 0 spiro atoms. The largest absolute Gasteiger partial charge is 0.454 e. The molecule has 0 atom stereocenters. The molecule has 6 nitrogen and oxygen atoms in total. The third-order valence-electron chi connectivity index (χ3n) is 4.56. The average Bonchev–Trinajstić information content (AvgIpc) is 3.37. The van der Waals surface area contributed by atoms with Crippen molar-refractivity contribution in [3.05, 3.63) is 47.7 Å². The van der Waals surface area contributed by atoms with Gasteiger partial charge in [-0.05, 0) is 31.1 Å². The Kier molecular flexibility index (Phi) is 4.05. The summed E-state index contributed by atoms with van der Waals surface area (Å²) in [6.07, 6.45) is 5.37. The van der Waals surface area contributed by atoms with Crippen LogP contribution in [0.1, 0.15) is 18.4 Å². The van der Waals surface area contributed by atoms with E-state index in [1.807, 2.05) is 36.4 Å². The standard InChI is InChI=1S/C20H18N4O2/c1-23-13-16(10-15(12-21)20(25)24-8-4-5-9-24)19(22-23)18-11-14-6-2-3-7-17(14)26-18/h2-3,6-7,10-11,13H,4-5,8-9H2,1H3. The fourth-order valence-corrected chi connectivity index (χ4v) is 3.29. The Labute approximate surface area is 150 Å². The molecule has 0 radical (unpaired) electrons. The van der Waals surface area contributed by atoms with Gasteiger partial charge in [0.25, 0.3) is 5.91 Å². The third-order valence-corrected chi connectivity index (χ3v) is 4.56. The summed E-state index contributed by atoms with van der Waals surface area (Å²) in [6, 6.07) is 11.7. The summed E-state index contributed by atoms with van der Waals surface area (Å²) >= 11 is 0. The fourth-order valence-electron chi connectivity index (χ4n) is 3.29. The van der Waals surface area contributed by atoms with E-state index in [0.717, 1.165) is 23.8 Å². The number of hydrogen-bond donors (Lipinski definition) is 0. The average molecular weight is 346 g/mol. The molecule has 2 aromatic heterocycles. The summed E-state index contributed by atoms with van der Waals surface area (Å²) in [4.78, 5) is 14.3. The van der Waals surface area contributed by atoms with Crippen molar-refractivity contribution >= 4 is 23.0 Å². The maximum atomic E-state index is 12.6. The van der Waals surface area contributed by atoms with Crippen LogP contribution in [0, 0.1) is 11.3 Å². The van der Waals surface area contributed by atoms with Gasteiger partial charge in [0.05, 0.1) is 0 Å². The summed E-state index contributed by atoms with van der Waals surface area (Å²) in [5.41, 5.74) is 2.20. The van der Waals surface area contributed by atoms with Crippen molar-refractivity contribution in [2.75, 3.05) is 13.1 Å². The zero-order valence-electron chi connectivity index (χ0n) is 14.5. The molecule has 0 N–H and O–H groups in total. The van der Waals surface area contributed by atoms with Crippen LogP contribution >= 0.6 is 0 Å². The molecule has 26 heavy (non-hydrogen) atoms. The third kappa shape index (κ3) is 2.88. The molecule has 0 saturated carbocycles. The number of aromatic nitrogens is 2. The van der Waals surface area contributed by atoms with Crippen LogP contribution in [-0.2, 0) is 11.8 Å². The van der Waals surface area contributed by atoms with Crippen molar-refractivity contribution in [2.45, 2.75) is 12.8 Å². The van der Waals surface area contributed by atoms with E-state index in [2.05, 4.69) is 5.10 Å². The molecule has 1 saturated heterocycles. The summed E-state index contributed by atoms with van der Waals surface area (Å²) in [5.74, 6) is 0.397. The van der Waals surface area contributed by atoms with Crippen molar-refractivity contribution < 1.29 is 9.21 Å². The number of benzene rings is 1. The monoisotopic (exact) mass is 346 g/mol. The van der Waals surface area contributed by atoms with Gasteiger partial charge in [-0.25, -0.2) is 0 Å². The van der Waals surface area contributed by atoms with E-state index in [1.54, 1.807) is 28.9 Å². The molecule has 4 rings (SSSR count). The molecule has 130 valence electrons. The molecule has 0 aliphatic carbocycles. The molecule has 1 aromatic carbocycles. The first kappa shape index (κ1) is 16.2. The molecule has 6 heteroatoms. The van der Waals surface area contributed by atoms with Crippen LogP contribution in [0.5, 0.6) is 0 Å². The van der Waals surface area contributed by atoms with E-state index in [1.165, 1.54) is 0 Å². The van der Waals surface area contributed by atoms with Crippen LogP contribution in [0.4, 0.5) is 0 Å². The van der Waals surface area contributed by atoms with Crippen LogP contribution in [0.15, 0.2) is 46.5 Å². The van der Waals surface area contributed by atoms with Crippen LogP contribution in [0.25, 0.3) is 28.5 Å². The van der Waals surface area contributed by atoms with Gasteiger partial charge in [-0.2, -0.15) is 10.4 Å². The van der Waals surface area contributed by atoms with E-state index < -0.39 is 0 Å². The lowest BCUT2D eigenvalue weighted by molar-refractivity contribution is -0.125. The number of rotatable bonds is 3. The molecular weight excluding hydrogens is 328 g/mol. The minimum Gasteiger partial charge on any atom is -0.454 e.